The van der Waals surface area contributed by atoms with Gasteiger partial charge in [-0.15, -0.1) is 0 Å². The molecule has 2 rings (SSSR count). The summed E-state index contributed by atoms with van der Waals surface area (Å²) in [5.41, 5.74) is 2.87. The minimum Gasteiger partial charge on any atom is -0.381 e. The lowest BCUT2D eigenvalue weighted by Crippen LogP contribution is -1.99. The summed E-state index contributed by atoms with van der Waals surface area (Å²) in [7, 11) is 0. The van der Waals surface area contributed by atoms with Crippen LogP contribution in [0.15, 0.2) is 48.5 Å². The van der Waals surface area contributed by atoms with E-state index in [0.29, 0.717) is 0 Å². The van der Waals surface area contributed by atoms with E-state index in [4.69, 9.17) is 4.74 Å². The van der Waals surface area contributed by atoms with Crippen LogP contribution in [0.5, 0.6) is 0 Å². The Morgan fingerprint density at radius 3 is 1.35 bits per heavy atom. The summed E-state index contributed by atoms with van der Waals surface area (Å²) >= 11 is 4.70. The normalized spacial score (nSPS) is 10.9. The van der Waals surface area contributed by atoms with E-state index in [2.05, 4.69) is 93.7 Å². The second-order valence-electron chi connectivity index (χ2n) is 5.78. The first-order valence-corrected chi connectivity index (χ1v) is 10.5. The molecule has 0 bridgehead atoms. The quantitative estimate of drug-likeness (QED) is 0.259. The van der Waals surface area contributed by atoms with E-state index in [0.717, 1.165) is 38.9 Å². The molecule has 3 heteroatoms. The molecular formula is C20H24I2O. The number of aryl methyl sites for hydroxylation is 2. The van der Waals surface area contributed by atoms with Gasteiger partial charge in [0.2, 0.25) is 0 Å². The fourth-order valence-electron chi connectivity index (χ4n) is 2.47. The van der Waals surface area contributed by atoms with Crippen LogP contribution >= 0.6 is 45.2 Å². The van der Waals surface area contributed by atoms with Gasteiger partial charge in [-0.25, -0.2) is 0 Å². The Morgan fingerprint density at radius 1 is 0.565 bits per heavy atom. The fraction of sp³-hybridized carbons (Fsp3) is 0.400. The highest BCUT2D eigenvalue weighted by molar-refractivity contribution is 14.1. The molecule has 0 fully saturated rings. The first-order chi connectivity index (χ1) is 11.2. The molecule has 0 aliphatic rings. The number of benzene rings is 2. The number of ether oxygens (including phenoxy) is 1. The van der Waals surface area contributed by atoms with Gasteiger partial charge in [0, 0.05) is 20.4 Å². The number of rotatable bonds is 10. The summed E-state index contributed by atoms with van der Waals surface area (Å²) in [6.07, 6.45) is 7.05. The largest absolute Gasteiger partial charge is 0.381 e. The third kappa shape index (κ3) is 8.49. The topological polar surface area (TPSA) is 9.23 Å². The van der Waals surface area contributed by atoms with Crippen LogP contribution in [0.4, 0.5) is 0 Å². The SMILES string of the molecule is Ic1ccc(CCCCOCCCCc2ccc(I)cc2)cc1. The summed E-state index contributed by atoms with van der Waals surface area (Å²) in [4.78, 5) is 0. The highest BCUT2D eigenvalue weighted by Crippen LogP contribution is 2.11. The molecule has 0 heterocycles. The standard InChI is InChI=1S/C20H24I2O/c21-19-11-7-17(8-12-19)5-1-3-15-23-16-4-2-6-18-9-13-20(22)14-10-18/h7-14H,1-6,15-16H2. The summed E-state index contributed by atoms with van der Waals surface area (Å²) in [6.45, 7) is 1.79. The maximum atomic E-state index is 5.75. The summed E-state index contributed by atoms with van der Waals surface area (Å²) in [6, 6.07) is 17.6. The van der Waals surface area contributed by atoms with E-state index in [1.807, 2.05) is 0 Å². The third-order valence-corrected chi connectivity index (χ3v) is 5.27. The molecule has 0 aromatic heterocycles. The zero-order valence-electron chi connectivity index (χ0n) is 13.4. The zero-order valence-corrected chi connectivity index (χ0v) is 17.8. The molecule has 0 saturated carbocycles. The van der Waals surface area contributed by atoms with E-state index in [1.54, 1.807) is 0 Å². The van der Waals surface area contributed by atoms with Crippen LogP contribution < -0.4 is 0 Å². The molecule has 0 radical (unpaired) electrons. The Hall–Kier alpha value is -0.140. The van der Waals surface area contributed by atoms with Gasteiger partial charge in [0.1, 0.15) is 0 Å². The van der Waals surface area contributed by atoms with Crippen LogP contribution in [0.25, 0.3) is 0 Å². The van der Waals surface area contributed by atoms with Crippen molar-refractivity contribution < 1.29 is 4.74 Å². The molecule has 0 unspecified atom stereocenters. The summed E-state index contributed by atoms with van der Waals surface area (Å²) in [5, 5.41) is 0. The fourth-order valence-corrected chi connectivity index (χ4v) is 3.19. The second kappa shape index (κ2) is 11.4. The number of hydrogen-bond donors (Lipinski definition) is 0. The lowest BCUT2D eigenvalue weighted by atomic mass is 10.1. The van der Waals surface area contributed by atoms with Gasteiger partial charge >= 0.3 is 0 Å². The van der Waals surface area contributed by atoms with Crippen molar-refractivity contribution >= 4 is 45.2 Å². The lowest BCUT2D eigenvalue weighted by Gasteiger charge is -2.05. The van der Waals surface area contributed by atoms with Gasteiger partial charge in [-0.2, -0.15) is 0 Å². The molecule has 23 heavy (non-hydrogen) atoms. The van der Waals surface area contributed by atoms with Crippen molar-refractivity contribution in [1.29, 1.82) is 0 Å². The Labute approximate surface area is 167 Å². The maximum Gasteiger partial charge on any atom is 0.0466 e. The number of halogens is 2. The molecule has 0 atom stereocenters. The van der Waals surface area contributed by atoms with Crippen LogP contribution in [-0.4, -0.2) is 13.2 Å². The Bertz CT molecular complexity index is 497. The molecule has 0 spiro atoms. The van der Waals surface area contributed by atoms with E-state index < -0.39 is 0 Å². The monoisotopic (exact) mass is 534 g/mol. The van der Waals surface area contributed by atoms with Crippen molar-refractivity contribution in [2.24, 2.45) is 0 Å². The van der Waals surface area contributed by atoms with Crippen LogP contribution in [0, 0.1) is 7.14 Å². The second-order valence-corrected chi connectivity index (χ2v) is 8.27. The minimum atomic E-state index is 0.897. The van der Waals surface area contributed by atoms with Gasteiger partial charge < -0.3 is 4.74 Å². The van der Waals surface area contributed by atoms with Crippen molar-refractivity contribution in [1.82, 2.24) is 0 Å². The molecule has 0 aliphatic heterocycles. The summed E-state index contributed by atoms with van der Waals surface area (Å²) in [5.74, 6) is 0. The molecule has 0 saturated heterocycles. The van der Waals surface area contributed by atoms with Crippen molar-refractivity contribution in [3.8, 4) is 0 Å². The molecule has 0 aliphatic carbocycles. The smallest absolute Gasteiger partial charge is 0.0466 e. The van der Waals surface area contributed by atoms with E-state index in [9.17, 15) is 0 Å². The van der Waals surface area contributed by atoms with Gasteiger partial charge in [0.05, 0.1) is 0 Å². The maximum absolute atomic E-state index is 5.75. The first-order valence-electron chi connectivity index (χ1n) is 8.31. The Balaban J connectivity index is 1.43. The van der Waals surface area contributed by atoms with Gasteiger partial charge in [-0.3, -0.25) is 0 Å². The number of unbranched alkanes of at least 4 members (excludes halogenated alkanes) is 2. The molecular weight excluding hydrogens is 510 g/mol. The average Bonchev–Trinajstić information content (AvgIpc) is 2.56. The van der Waals surface area contributed by atoms with Crippen LogP contribution in [0.2, 0.25) is 0 Å². The van der Waals surface area contributed by atoms with E-state index >= 15 is 0 Å². The van der Waals surface area contributed by atoms with Crippen molar-refractivity contribution in [3.05, 3.63) is 66.8 Å². The number of hydrogen-bond acceptors (Lipinski definition) is 1. The Kier molecular flexibility index (Phi) is 9.53. The van der Waals surface area contributed by atoms with Gasteiger partial charge in [0.15, 0.2) is 0 Å². The van der Waals surface area contributed by atoms with Gasteiger partial charge in [0.25, 0.3) is 0 Å². The van der Waals surface area contributed by atoms with Crippen molar-refractivity contribution in [2.75, 3.05) is 13.2 Å². The lowest BCUT2D eigenvalue weighted by molar-refractivity contribution is 0.127. The van der Waals surface area contributed by atoms with Crippen LogP contribution in [0.3, 0.4) is 0 Å². The Morgan fingerprint density at radius 2 is 0.957 bits per heavy atom. The molecule has 124 valence electrons. The predicted molar refractivity (Wildman–Crippen MR) is 115 cm³/mol. The van der Waals surface area contributed by atoms with Crippen LogP contribution in [0.1, 0.15) is 36.8 Å². The van der Waals surface area contributed by atoms with E-state index in [1.165, 1.54) is 31.1 Å². The minimum absolute atomic E-state index is 0.897. The van der Waals surface area contributed by atoms with E-state index in [-0.39, 0.29) is 0 Å². The van der Waals surface area contributed by atoms with Crippen molar-refractivity contribution in [3.63, 3.8) is 0 Å². The molecule has 2 aromatic carbocycles. The first kappa shape index (κ1) is 19.2. The van der Waals surface area contributed by atoms with Gasteiger partial charge in [-0.05, 0) is 119 Å². The third-order valence-electron chi connectivity index (χ3n) is 3.83. The average molecular weight is 534 g/mol. The molecule has 0 amide bonds. The predicted octanol–water partition coefficient (Wildman–Crippen LogP) is 6.26. The summed E-state index contributed by atoms with van der Waals surface area (Å²) < 4.78 is 8.36. The van der Waals surface area contributed by atoms with Gasteiger partial charge in [-0.1, -0.05) is 24.3 Å². The molecule has 2 aromatic rings. The van der Waals surface area contributed by atoms with Crippen LogP contribution in [-0.2, 0) is 17.6 Å². The molecule has 0 N–H and O–H groups in total. The van der Waals surface area contributed by atoms with Crippen molar-refractivity contribution in [2.45, 2.75) is 38.5 Å². The highest BCUT2D eigenvalue weighted by atomic mass is 127. The molecule has 1 nitrogen and oxygen atoms in total. The highest BCUT2D eigenvalue weighted by Gasteiger charge is 1.96. The zero-order chi connectivity index (χ0) is 16.3.